The maximum Gasteiger partial charge on any atom is 0.131 e. The fourth-order valence-corrected chi connectivity index (χ4v) is 2.93. The van der Waals surface area contributed by atoms with E-state index in [0.29, 0.717) is 17.9 Å². The Labute approximate surface area is 112 Å². The van der Waals surface area contributed by atoms with E-state index in [-0.39, 0.29) is 18.0 Å². The lowest BCUT2D eigenvalue weighted by Gasteiger charge is -2.20. The third-order valence-corrected chi connectivity index (χ3v) is 4.00. The van der Waals surface area contributed by atoms with Crippen LogP contribution in [0.1, 0.15) is 24.9 Å². The standard InChI is InChI=1S/C16H18FNO/c1-10-8-11(9-19-10)16(18)14-6-7-15(17)13-5-3-2-4-12(13)14/h2-7,10-11,16H,8-9,18H2,1H3. The van der Waals surface area contributed by atoms with Crippen LogP contribution in [0.5, 0.6) is 0 Å². The first-order valence-electron chi connectivity index (χ1n) is 6.71. The van der Waals surface area contributed by atoms with Crippen LogP contribution in [0, 0.1) is 11.7 Å². The maximum absolute atomic E-state index is 13.8. The van der Waals surface area contributed by atoms with Gasteiger partial charge in [-0.1, -0.05) is 30.3 Å². The van der Waals surface area contributed by atoms with Gasteiger partial charge in [0.25, 0.3) is 0 Å². The van der Waals surface area contributed by atoms with Crippen LogP contribution in [0.3, 0.4) is 0 Å². The minimum atomic E-state index is -0.192. The summed E-state index contributed by atoms with van der Waals surface area (Å²) in [7, 11) is 0. The second kappa shape index (κ2) is 4.91. The number of hydrogen-bond donors (Lipinski definition) is 1. The van der Waals surface area contributed by atoms with Crippen molar-refractivity contribution in [1.82, 2.24) is 0 Å². The molecule has 1 aliphatic rings. The Morgan fingerprint density at radius 2 is 1.95 bits per heavy atom. The molecule has 0 radical (unpaired) electrons. The van der Waals surface area contributed by atoms with Crippen molar-refractivity contribution in [3.63, 3.8) is 0 Å². The molecule has 3 rings (SSSR count). The van der Waals surface area contributed by atoms with Gasteiger partial charge in [0.05, 0.1) is 12.7 Å². The monoisotopic (exact) mass is 259 g/mol. The molecule has 2 nitrogen and oxygen atoms in total. The first-order chi connectivity index (χ1) is 9.16. The summed E-state index contributed by atoms with van der Waals surface area (Å²) < 4.78 is 19.4. The molecule has 1 fully saturated rings. The van der Waals surface area contributed by atoms with Crippen molar-refractivity contribution in [2.75, 3.05) is 6.61 Å². The van der Waals surface area contributed by atoms with Crippen LogP contribution in [0.4, 0.5) is 4.39 Å². The van der Waals surface area contributed by atoms with Crippen LogP contribution in [0.2, 0.25) is 0 Å². The second-order valence-corrected chi connectivity index (χ2v) is 5.35. The number of fused-ring (bicyclic) bond motifs is 1. The molecule has 1 saturated heterocycles. The van der Waals surface area contributed by atoms with Crippen molar-refractivity contribution < 1.29 is 9.13 Å². The topological polar surface area (TPSA) is 35.2 Å². The average Bonchev–Trinajstić information content (AvgIpc) is 2.86. The zero-order valence-electron chi connectivity index (χ0n) is 11.0. The van der Waals surface area contributed by atoms with Crippen molar-refractivity contribution in [2.45, 2.75) is 25.5 Å². The summed E-state index contributed by atoms with van der Waals surface area (Å²) in [5.41, 5.74) is 7.39. The molecule has 0 aliphatic carbocycles. The molecule has 3 unspecified atom stereocenters. The summed E-state index contributed by atoms with van der Waals surface area (Å²) in [5, 5.41) is 1.55. The molecule has 100 valence electrons. The van der Waals surface area contributed by atoms with Crippen LogP contribution < -0.4 is 5.73 Å². The second-order valence-electron chi connectivity index (χ2n) is 5.35. The highest BCUT2D eigenvalue weighted by molar-refractivity contribution is 5.86. The van der Waals surface area contributed by atoms with Gasteiger partial charge in [-0.25, -0.2) is 4.39 Å². The highest BCUT2D eigenvalue weighted by atomic mass is 19.1. The number of ether oxygens (including phenoxy) is 1. The van der Waals surface area contributed by atoms with Gasteiger partial charge in [0.1, 0.15) is 5.82 Å². The SMILES string of the molecule is CC1CC(C(N)c2ccc(F)c3ccccc23)CO1. The third-order valence-electron chi connectivity index (χ3n) is 4.00. The Morgan fingerprint density at radius 1 is 1.21 bits per heavy atom. The lowest BCUT2D eigenvalue weighted by atomic mass is 9.89. The van der Waals surface area contributed by atoms with Gasteiger partial charge >= 0.3 is 0 Å². The van der Waals surface area contributed by atoms with Crippen molar-refractivity contribution >= 4 is 10.8 Å². The van der Waals surface area contributed by atoms with Crippen LogP contribution in [0.25, 0.3) is 10.8 Å². The molecule has 2 N–H and O–H groups in total. The molecule has 1 aliphatic heterocycles. The average molecular weight is 259 g/mol. The van der Waals surface area contributed by atoms with E-state index in [1.165, 1.54) is 6.07 Å². The number of rotatable bonds is 2. The lowest BCUT2D eigenvalue weighted by Crippen LogP contribution is -2.22. The number of halogens is 1. The molecule has 2 aromatic carbocycles. The van der Waals surface area contributed by atoms with Gasteiger partial charge in [0, 0.05) is 17.3 Å². The largest absolute Gasteiger partial charge is 0.378 e. The summed E-state index contributed by atoms with van der Waals surface area (Å²) >= 11 is 0. The Hall–Kier alpha value is -1.45. The van der Waals surface area contributed by atoms with E-state index >= 15 is 0 Å². The molecule has 0 spiro atoms. The molecular weight excluding hydrogens is 241 g/mol. The summed E-state index contributed by atoms with van der Waals surface area (Å²) in [5.74, 6) is 0.117. The molecule has 0 saturated carbocycles. The summed E-state index contributed by atoms with van der Waals surface area (Å²) in [6.45, 7) is 2.75. The lowest BCUT2D eigenvalue weighted by molar-refractivity contribution is 0.118. The van der Waals surface area contributed by atoms with Crippen LogP contribution >= 0.6 is 0 Å². The number of hydrogen-bond acceptors (Lipinski definition) is 2. The van der Waals surface area contributed by atoms with E-state index in [4.69, 9.17) is 10.5 Å². The molecular formula is C16H18FNO. The van der Waals surface area contributed by atoms with Crippen molar-refractivity contribution in [3.05, 3.63) is 47.8 Å². The number of nitrogens with two attached hydrogens (primary N) is 1. The molecule has 1 heterocycles. The van der Waals surface area contributed by atoms with Crippen molar-refractivity contribution in [2.24, 2.45) is 11.7 Å². The number of benzene rings is 2. The highest BCUT2D eigenvalue weighted by Gasteiger charge is 2.29. The molecule has 3 atom stereocenters. The van der Waals surface area contributed by atoms with Crippen LogP contribution in [0.15, 0.2) is 36.4 Å². The van der Waals surface area contributed by atoms with Crippen LogP contribution in [-0.4, -0.2) is 12.7 Å². The van der Waals surface area contributed by atoms with Gasteiger partial charge in [-0.2, -0.15) is 0 Å². The van der Waals surface area contributed by atoms with Gasteiger partial charge in [0.15, 0.2) is 0 Å². The molecule has 3 heteroatoms. The summed E-state index contributed by atoms with van der Waals surface area (Å²) in [6, 6.07) is 10.7. The minimum absolute atomic E-state index is 0.101. The van der Waals surface area contributed by atoms with Crippen molar-refractivity contribution in [1.29, 1.82) is 0 Å². The van der Waals surface area contributed by atoms with Gasteiger partial charge in [0.2, 0.25) is 0 Å². The zero-order valence-corrected chi connectivity index (χ0v) is 11.0. The van der Waals surface area contributed by atoms with E-state index in [9.17, 15) is 4.39 Å². The molecule has 0 bridgehead atoms. The summed E-state index contributed by atoms with van der Waals surface area (Å²) in [4.78, 5) is 0. The molecule has 0 aromatic heterocycles. The summed E-state index contributed by atoms with van der Waals surface area (Å²) in [6.07, 6.45) is 1.23. The molecule has 19 heavy (non-hydrogen) atoms. The normalized spacial score (nSPS) is 24.8. The Balaban J connectivity index is 2.03. The van der Waals surface area contributed by atoms with Crippen LogP contribution in [-0.2, 0) is 4.74 Å². The fraction of sp³-hybridized carbons (Fsp3) is 0.375. The minimum Gasteiger partial charge on any atom is -0.378 e. The Bertz CT molecular complexity index is 598. The third kappa shape index (κ3) is 2.24. The van der Waals surface area contributed by atoms with E-state index in [1.807, 2.05) is 24.3 Å². The van der Waals surface area contributed by atoms with E-state index in [2.05, 4.69) is 6.92 Å². The Kier molecular flexibility index (Phi) is 3.25. The van der Waals surface area contributed by atoms with E-state index < -0.39 is 0 Å². The maximum atomic E-state index is 13.8. The van der Waals surface area contributed by atoms with Gasteiger partial charge < -0.3 is 10.5 Å². The molecule has 0 amide bonds. The van der Waals surface area contributed by atoms with Gasteiger partial charge in [-0.05, 0) is 30.4 Å². The van der Waals surface area contributed by atoms with Gasteiger partial charge in [-0.15, -0.1) is 0 Å². The first kappa shape index (κ1) is 12.6. The van der Waals surface area contributed by atoms with E-state index in [0.717, 1.165) is 17.4 Å². The highest BCUT2D eigenvalue weighted by Crippen LogP contribution is 2.34. The Morgan fingerprint density at radius 3 is 2.63 bits per heavy atom. The first-order valence-corrected chi connectivity index (χ1v) is 6.71. The predicted molar refractivity (Wildman–Crippen MR) is 74.4 cm³/mol. The predicted octanol–water partition coefficient (Wildman–Crippen LogP) is 3.40. The fourth-order valence-electron chi connectivity index (χ4n) is 2.93. The smallest absolute Gasteiger partial charge is 0.131 e. The molecule has 2 aromatic rings. The van der Waals surface area contributed by atoms with Gasteiger partial charge in [-0.3, -0.25) is 0 Å². The quantitative estimate of drug-likeness (QED) is 0.897. The zero-order chi connectivity index (χ0) is 13.4. The van der Waals surface area contributed by atoms with E-state index in [1.54, 1.807) is 6.07 Å². The van der Waals surface area contributed by atoms with Crippen molar-refractivity contribution in [3.8, 4) is 0 Å².